The lowest BCUT2D eigenvalue weighted by molar-refractivity contribution is 1.07. The normalized spacial score (nSPS) is 10.5. The number of halogens is 3. The highest BCUT2D eigenvalue weighted by Gasteiger charge is 2.07. The zero-order valence-corrected chi connectivity index (χ0v) is 9.99. The summed E-state index contributed by atoms with van der Waals surface area (Å²) in [5.74, 6) is 0. The number of H-pyrrole nitrogens is 1. The molecule has 0 fully saturated rings. The zero-order chi connectivity index (χ0) is 10.1. The van der Waals surface area contributed by atoms with E-state index in [0.29, 0.717) is 10.0 Å². The summed E-state index contributed by atoms with van der Waals surface area (Å²) in [6, 6.07) is 7.13. The number of aromatic amines is 1. The van der Waals surface area contributed by atoms with Gasteiger partial charge in [0.15, 0.2) is 0 Å². The molecule has 0 saturated carbocycles. The summed E-state index contributed by atoms with van der Waals surface area (Å²) in [5, 5.41) is 8.13. The van der Waals surface area contributed by atoms with Crippen LogP contribution in [0.3, 0.4) is 0 Å². The van der Waals surface area contributed by atoms with E-state index < -0.39 is 0 Å². The average molecular weight is 292 g/mol. The topological polar surface area (TPSA) is 28.7 Å². The average Bonchev–Trinajstić information content (AvgIpc) is 2.56. The van der Waals surface area contributed by atoms with Crippen LogP contribution in [0, 0.1) is 0 Å². The molecule has 14 heavy (non-hydrogen) atoms. The maximum atomic E-state index is 6.01. The van der Waals surface area contributed by atoms with E-state index in [-0.39, 0.29) is 0 Å². The molecule has 0 aliphatic rings. The van der Waals surface area contributed by atoms with Crippen LogP contribution in [0.4, 0.5) is 0 Å². The Morgan fingerprint density at radius 2 is 2.00 bits per heavy atom. The molecule has 0 saturated heterocycles. The number of hydrogen-bond acceptors (Lipinski definition) is 1. The van der Waals surface area contributed by atoms with Crippen molar-refractivity contribution in [3.05, 3.63) is 38.9 Å². The number of rotatable bonds is 1. The predicted octanol–water partition coefficient (Wildman–Crippen LogP) is 4.15. The number of aromatic nitrogens is 2. The van der Waals surface area contributed by atoms with E-state index in [9.17, 15) is 0 Å². The summed E-state index contributed by atoms with van der Waals surface area (Å²) < 4.78 is 0.809. The van der Waals surface area contributed by atoms with Gasteiger partial charge < -0.3 is 0 Å². The Balaban J connectivity index is 2.55. The van der Waals surface area contributed by atoms with Crippen molar-refractivity contribution in [3.63, 3.8) is 0 Å². The molecule has 0 bridgehead atoms. The van der Waals surface area contributed by atoms with Gasteiger partial charge in [-0.05, 0) is 40.2 Å². The van der Waals surface area contributed by atoms with E-state index in [1.54, 1.807) is 18.2 Å². The van der Waals surface area contributed by atoms with Crippen molar-refractivity contribution in [2.24, 2.45) is 0 Å². The third kappa shape index (κ3) is 1.95. The lowest BCUT2D eigenvalue weighted by Crippen LogP contribution is -1.79. The second kappa shape index (κ2) is 3.93. The fraction of sp³-hybridized carbons (Fsp3) is 0. The Morgan fingerprint density at radius 3 is 2.64 bits per heavy atom. The number of benzene rings is 1. The van der Waals surface area contributed by atoms with E-state index in [0.717, 1.165) is 15.9 Å². The molecule has 1 aromatic carbocycles. The van der Waals surface area contributed by atoms with Crippen molar-refractivity contribution in [2.75, 3.05) is 0 Å². The Bertz CT molecular complexity index is 468. The van der Waals surface area contributed by atoms with Gasteiger partial charge in [-0.15, -0.1) is 0 Å². The predicted molar refractivity (Wildman–Crippen MR) is 61.7 cm³/mol. The van der Waals surface area contributed by atoms with Gasteiger partial charge in [0.05, 0.1) is 10.7 Å². The van der Waals surface area contributed by atoms with E-state index in [4.69, 9.17) is 23.2 Å². The summed E-state index contributed by atoms with van der Waals surface area (Å²) in [4.78, 5) is 0. The van der Waals surface area contributed by atoms with Gasteiger partial charge in [-0.2, -0.15) is 5.10 Å². The molecule has 0 aliphatic heterocycles. The molecule has 0 amide bonds. The highest BCUT2D eigenvalue weighted by molar-refractivity contribution is 9.10. The first-order chi connectivity index (χ1) is 6.66. The van der Waals surface area contributed by atoms with Crippen LogP contribution in [0.5, 0.6) is 0 Å². The second-order valence-electron chi connectivity index (χ2n) is 2.73. The molecule has 1 aromatic heterocycles. The second-order valence-corrected chi connectivity index (χ2v) is 4.42. The Hall–Kier alpha value is -0.510. The third-order valence-electron chi connectivity index (χ3n) is 1.75. The van der Waals surface area contributed by atoms with E-state index >= 15 is 0 Å². The fourth-order valence-corrected chi connectivity index (χ4v) is 1.82. The quantitative estimate of drug-likeness (QED) is 0.840. The molecule has 0 spiro atoms. The van der Waals surface area contributed by atoms with E-state index in [1.165, 1.54) is 0 Å². The Morgan fingerprint density at radius 1 is 1.21 bits per heavy atom. The van der Waals surface area contributed by atoms with Crippen LogP contribution in [-0.4, -0.2) is 10.2 Å². The minimum Gasteiger partial charge on any atom is -0.271 e. The van der Waals surface area contributed by atoms with Crippen LogP contribution in [0.15, 0.2) is 28.9 Å². The first-order valence-corrected chi connectivity index (χ1v) is 5.38. The minimum atomic E-state index is 0.633. The zero-order valence-electron chi connectivity index (χ0n) is 6.89. The van der Waals surface area contributed by atoms with Crippen LogP contribution in [0.2, 0.25) is 10.0 Å². The van der Waals surface area contributed by atoms with Gasteiger partial charge in [0, 0.05) is 10.6 Å². The van der Waals surface area contributed by atoms with Crippen LogP contribution in [-0.2, 0) is 0 Å². The van der Waals surface area contributed by atoms with Gasteiger partial charge in [0.1, 0.15) is 4.60 Å². The Labute approximate surface area is 99.4 Å². The minimum absolute atomic E-state index is 0.633. The lowest BCUT2D eigenvalue weighted by Gasteiger charge is -2.00. The van der Waals surface area contributed by atoms with Gasteiger partial charge in [-0.25, -0.2) is 0 Å². The summed E-state index contributed by atoms with van der Waals surface area (Å²) in [6.45, 7) is 0. The standard InChI is InChI=1S/C9H5BrCl2N2/c10-9-4-8(13-14-9)6-3-5(11)1-2-7(6)12/h1-4H,(H,13,14). The third-order valence-corrected chi connectivity index (χ3v) is 2.72. The molecule has 1 N–H and O–H groups in total. The smallest absolute Gasteiger partial charge is 0.101 e. The van der Waals surface area contributed by atoms with E-state index in [1.807, 2.05) is 6.07 Å². The van der Waals surface area contributed by atoms with Crippen molar-refractivity contribution < 1.29 is 0 Å². The highest BCUT2D eigenvalue weighted by Crippen LogP contribution is 2.30. The SMILES string of the molecule is Clc1ccc(Cl)c(-c2cc(Br)[nH]n2)c1. The fourth-order valence-electron chi connectivity index (χ4n) is 1.13. The van der Waals surface area contributed by atoms with Gasteiger partial charge in [-0.3, -0.25) is 5.10 Å². The van der Waals surface area contributed by atoms with Crippen molar-refractivity contribution in [2.45, 2.75) is 0 Å². The van der Waals surface area contributed by atoms with Gasteiger partial charge in [0.2, 0.25) is 0 Å². The van der Waals surface area contributed by atoms with E-state index in [2.05, 4.69) is 26.1 Å². The largest absolute Gasteiger partial charge is 0.271 e. The molecule has 2 nitrogen and oxygen atoms in total. The highest BCUT2D eigenvalue weighted by atomic mass is 79.9. The molecule has 0 aliphatic carbocycles. The van der Waals surface area contributed by atoms with Crippen molar-refractivity contribution >= 4 is 39.1 Å². The number of nitrogens with zero attached hydrogens (tertiary/aromatic N) is 1. The summed E-state index contributed by atoms with van der Waals surface area (Å²) in [6.07, 6.45) is 0. The van der Waals surface area contributed by atoms with Gasteiger partial charge in [0.25, 0.3) is 0 Å². The van der Waals surface area contributed by atoms with Crippen LogP contribution >= 0.6 is 39.1 Å². The van der Waals surface area contributed by atoms with Crippen LogP contribution < -0.4 is 0 Å². The number of hydrogen-bond donors (Lipinski definition) is 1. The van der Waals surface area contributed by atoms with Crippen molar-refractivity contribution in [1.82, 2.24) is 10.2 Å². The molecule has 0 atom stereocenters. The molecule has 5 heteroatoms. The number of nitrogens with one attached hydrogen (secondary N) is 1. The molecular formula is C9H5BrCl2N2. The maximum absolute atomic E-state index is 6.01. The van der Waals surface area contributed by atoms with Gasteiger partial charge >= 0.3 is 0 Å². The molecule has 2 aromatic rings. The van der Waals surface area contributed by atoms with Gasteiger partial charge in [-0.1, -0.05) is 23.2 Å². The molecule has 72 valence electrons. The first-order valence-electron chi connectivity index (χ1n) is 3.83. The maximum Gasteiger partial charge on any atom is 0.101 e. The lowest BCUT2D eigenvalue weighted by atomic mass is 10.1. The molecule has 2 rings (SSSR count). The molecule has 1 heterocycles. The van der Waals surface area contributed by atoms with Crippen molar-refractivity contribution in [3.8, 4) is 11.3 Å². The van der Waals surface area contributed by atoms with Crippen molar-refractivity contribution in [1.29, 1.82) is 0 Å². The molecule has 0 radical (unpaired) electrons. The summed E-state index contributed by atoms with van der Waals surface area (Å²) >= 11 is 15.2. The monoisotopic (exact) mass is 290 g/mol. The molecular weight excluding hydrogens is 287 g/mol. The molecule has 0 unspecified atom stereocenters. The summed E-state index contributed by atoms with van der Waals surface area (Å²) in [5.41, 5.74) is 1.59. The summed E-state index contributed by atoms with van der Waals surface area (Å²) in [7, 11) is 0. The Kier molecular flexibility index (Phi) is 2.81. The first kappa shape index (κ1) is 10.0. The van der Waals surface area contributed by atoms with Crippen LogP contribution in [0.1, 0.15) is 0 Å². The van der Waals surface area contributed by atoms with Crippen LogP contribution in [0.25, 0.3) is 11.3 Å².